The van der Waals surface area contributed by atoms with Crippen LogP contribution in [0.15, 0.2) is 40.9 Å². The van der Waals surface area contributed by atoms with E-state index in [-0.39, 0.29) is 5.91 Å². The minimum Gasteiger partial charge on any atom is -0.490 e. The monoisotopic (exact) mass is 405 g/mol. The van der Waals surface area contributed by atoms with Gasteiger partial charge in [0.1, 0.15) is 0 Å². The van der Waals surface area contributed by atoms with Crippen LogP contribution in [0.5, 0.6) is 11.5 Å². The topological polar surface area (TPSA) is 47.6 Å². The summed E-state index contributed by atoms with van der Waals surface area (Å²) in [7, 11) is 0. The number of anilines is 1. The molecule has 134 valence electrons. The molecule has 0 heterocycles. The Bertz CT molecular complexity index is 731. The fraction of sp³-hybridized carbons (Fsp3) is 0.350. The Morgan fingerprint density at radius 3 is 2.56 bits per heavy atom. The van der Waals surface area contributed by atoms with Crippen molar-refractivity contribution < 1.29 is 14.3 Å². The van der Waals surface area contributed by atoms with Gasteiger partial charge < -0.3 is 14.8 Å². The van der Waals surface area contributed by atoms with Gasteiger partial charge in [-0.1, -0.05) is 29.3 Å². The van der Waals surface area contributed by atoms with Crippen molar-refractivity contribution in [2.45, 2.75) is 33.6 Å². The Hall–Kier alpha value is -2.01. The summed E-state index contributed by atoms with van der Waals surface area (Å²) >= 11 is 3.46. The first-order valence-corrected chi connectivity index (χ1v) is 9.31. The molecule has 1 N–H and O–H groups in total. The molecule has 25 heavy (non-hydrogen) atoms. The molecule has 0 saturated carbocycles. The molecule has 0 fully saturated rings. The maximum absolute atomic E-state index is 12.5. The average Bonchev–Trinajstić information content (AvgIpc) is 2.60. The van der Waals surface area contributed by atoms with Crippen LogP contribution in [0.4, 0.5) is 5.69 Å². The van der Waals surface area contributed by atoms with E-state index < -0.39 is 0 Å². The first kappa shape index (κ1) is 19.3. The Kier molecular flexibility index (Phi) is 7.31. The highest BCUT2D eigenvalue weighted by Gasteiger charge is 2.12. The van der Waals surface area contributed by atoms with Gasteiger partial charge in [0.15, 0.2) is 11.5 Å². The van der Waals surface area contributed by atoms with Gasteiger partial charge in [-0.05, 0) is 62.2 Å². The maximum atomic E-state index is 12.5. The van der Waals surface area contributed by atoms with E-state index in [9.17, 15) is 4.79 Å². The van der Waals surface area contributed by atoms with Crippen molar-refractivity contribution in [3.8, 4) is 11.5 Å². The Morgan fingerprint density at radius 2 is 1.88 bits per heavy atom. The van der Waals surface area contributed by atoms with E-state index in [1.165, 1.54) is 0 Å². The summed E-state index contributed by atoms with van der Waals surface area (Å²) in [5.74, 6) is 1.09. The Labute approximate surface area is 157 Å². The van der Waals surface area contributed by atoms with Gasteiger partial charge >= 0.3 is 0 Å². The second kappa shape index (κ2) is 9.47. The Morgan fingerprint density at radius 1 is 1.08 bits per heavy atom. The maximum Gasteiger partial charge on any atom is 0.255 e. The van der Waals surface area contributed by atoms with E-state index in [1.54, 1.807) is 18.2 Å². The van der Waals surface area contributed by atoms with Crippen LogP contribution in [-0.2, 0) is 0 Å². The average molecular weight is 406 g/mol. The molecule has 5 heteroatoms. The highest BCUT2D eigenvalue weighted by molar-refractivity contribution is 9.10. The summed E-state index contributed by atoms with van der Waals surface area (Å²) in [6.07, 6.45) is 2.05. The van der Waals surface area contributed by atoms with Crippen molar-refractivity contribution in [2.24, 2.45) is 0 Å². The summed E-state index contributed by atoms with van der Waals surface area (Å²) < 4.78 is 12.4. The van der Waals surface area contributed by atoms with E-state index in [2.05, 4.69) is 28.2 Å². The lowest BCUT2D eigenvalue weighted by Gasteiger charge is -2.13. The van der Waals surface area contributed by atoms with Crippen LogP contribution in [0.1, 0.15) is 42.6 Å². The number of amides is 1. The summed E-state index contributed by atoms with van der Waals surface area (Å²) in [5.41, 5.74) is 2.35. The zero-order valence-electron chi connectivity index (χ0n) is 14.9. The number of aryl methyl sites for hydroxylation is 1. The standard InChI is InChI=1S/C20H24BrNO3/c1-4-6-11-25-18-10-7-15(13-19(18)24-5-2)20(23)22-16-8-9-17(21)14(3)12-16/h7-10,12-13H,4-6,11H2,1-3H3,(H,22,23). The van der Waals surface area contributed by atoms with Crippen molar-refractivity contribution in [3.63, 3.8) is 0 Å². The minimum absolute atomic E-state index is 0.178. The molecule has 2 aromatic rings. The zero-order chi connectivity index (χ0) is 18.2. The Balaban J connectivity index is 2.15. The third-order valence-corrected chi connectivity index (χ3v) is 4.57. The first-order valence-electron chi connectivity index (χ1n) is 8.52. The molecule has 0 aliphatic carbocycles. The molecule has 1 amide bonds. The van der Waals surface area contributed by atoms with Crippen LogP contribution >= 0.6 is 15.9 Å². The molecule has 0 aromatic heterocycles. The van der Waals surface area contributed by atoms with Gasteiger partial charge in [-0.15, -0.1) is 0 Å². The number of rotatable bonds is 8. The van der Waals surface area contributed by atoms with Crippen LogP contribution in [0.2, 0.25) is 0 Å². The number of nitrogens with one attached hydrogen (secondary N) is 1. The third-order valence-electron chi connectivity index (χ3n) is 3.68. The van der Waals surface area contributed by atoms with Crippen molar-refractivity contribution in [1.82, 2.24) is 0 Å². The van der Waals surface area contributed by atoms with Crippen molar-refractivity contribution in [2.75, 3.05) is 18.5 Å². The van der Waals surface area contributed by atoms with E-state index in [0.717, 1.165) is 28.6 Å². The van der Waals surface area contributed by atoms with Gasteiger partial charge in [0.25, 0.3) is 5.91 Å². The first-order chi connectivity index (χ1) is 12.0. The van der Waals surface area contributed by atoms with E-state index in [1.807, 2.05) is 32.0 Å². The number of carbonyl (C=O) groups excluding carboxylic acids is 1. The van der Waals surface area contributed by atoms with E-state index in [4.69, 9.17) is 9.47 Å². The molecule has 0 spiro atoms. The van der Waals surface area contributed by atoms with Crippen LogP contribution in [-0.4, -0.2) is 19.1 Å². The van der Waals surface area contributed by atoms with Gasteiger partial charge in [-0.2, -0.15) is 0 Å². The largest absolute Gasteiger partial charge is 0.490 e. The zero-order valence-corrected chi connectivity index (χ0v) is 16.5. The summed E-state index contributed by atoms with van der Waals surface area (Å²) in [6, 6.07) is 11.0. The second-order valence-electron chi connectivity index (χ2n) is 5.71. The lowest BCUT2D eigenvalue weighted by atomic mass is 10.1. The van der Waals surface area contributed by atoms with Crippen LogP contribution in [0.25, 0.3) is 0 Å². The molecule has 4 nitrogen and oxygen atoms in total. The van der Waals surface area contributed by atoms with Crippen molar-refractivity contribution in [3.05, 3.63) is 52.0 Å². The van der Waals surface area contributed by atoms with Crippen molar-refractivity contribution in [1.29, 1.82) is 0 Å². The fourth-order valence-corrected chi connectivity index (χ4v) is 2.54. The number of halogens is 1. The SMILES string of the molecule is CCCCOc1ccc(C(=O)Nc2ccc(Br)c(C)c2)cc1OCC. The predicted octanol–water partition coefficient (Wildman–Crippen LogP) is 5.59. The second-order valence-corrected chi connectivity index (χ2v) is 6.57. The molecular formula is C20H24BrNO3. The predicted molar refractivity (Wildman–Crippen MR) is 105 cm³/mol. The van der Waals surface area contributed by atoms with Crippen LogP contribution < -0.4 is 14.8 Å². The number of unbranched alkanes of at least 4 members (excludes halogenated alkanes) is 1. The molecule has 0 aliphatic heterocycles. The third kappa shape index (κ3) is 5.49. The molecule has 0 aliphatic rings. The molecule has 2 aromatic carbocycles. The fourth-order valence-electron chi connectivity index (χ4n) is 2.29. The number of hydrogen-bond acceptors (Lipinski definition) is 3. The van der Waals surface area contributed by atoms with Crippen LogP contribution in [0.3, 0.4) is 0 Å². The molecular weight excluding hydrogens is 382 g/mol. The number of hydrogen-bond donors (Lipinski definition) is 1. The number of ether oxygens (including phenoxy) is 2. The highest BCUT2D eigenvalue weighted by Crippen LogP contribution is 2.29. The molecule has 0 bridgehead atoms. The summed E-state index contributed by atoms with van der Waals surface area (Å²) in [5, 5.41) is 2.91. The number of benzene rings is 2. The van der Waals surface area contributed by atoms with E-state index >= 15 is 0 Å². The van der Waals surface area contributed by atoms with Gasteiger partial charge in [-0.25, -0.2) is 0 Å². The van der Waals surface area contributed by atoms with Crippen LogP contribution in [0, 0.1) is 6.92 Å². The van der Waals surface area contributed by atoms with Gasteiger partial charge in [0.05, 0.1) is 13.2 Å². The molecule has 0 saturated heterocycles. The number of carbonyl (C=O) groups is 1. The van der Waals surface area contributed by atoms with Gasteiger partial charge in [0, 0.05) is 15.7 Å². The minimum atomic E-state index is -0.178. The quantitative estimate of drug-likeness (QED) is 0.582. The van der Waals surface area contributed by atoms with E-state index in [0.29, 0.717) is 30.3 Å². The molecule has 0 atom stereocenters. The van der Waals surface area contributed by atoms with Gasteiger partial charge in [0.2, 0.25) is 0 Å². The highest BCUT2D eigenvalue weighted by atomic mass is 79.9. The molecule has 0 unspecified atom stereocenters. The van der Waals surface area contributed by atoms with Gasteiger partial charge in [-0.3, -0.25) is 4.79 Å². The lowest BCUT2D eigenvalue weighted by Crippen LogP contribution is -2.12. The normalized spacial score (nSPS) is 10.4. The summed E-state index contributed by atoms with van der Waals surface area (Å²) in [4.78, 5) is 12.5. The smallest absolute Gasteiger partial charge is 0.255 e. The lowest BCUT2D eigenvalue weighted by molar-refractivity contribution is 0.102. The summed E-state index contributed by atoms with van der Waals surface area (Å²) in [6.45, 7) is 7.16. The molecule has 2 rings (SSSR count). The van der Waals surface area contributed by atoms with Crippen molar-refractivity contribution >= 4 is 27.5 Å². The molecule has 0 radical (unpaired) electrons.